The Morgan fingerprint density at radius 3 is 1.71 bits per heavy atom. The Hall–Kier alpha value is -6.59. The van der Waals surface area contributed by atoms with Gasteiger partial charge in [-0.15, -0.1) is 0 Å². The third kappa shape index (κ3) is 4.08. The van der Waals surface area contributed by atoms with Crippen molar-refractivity contribution in [3.8, 4) is 45.3 Å². The highest BCUT2D eigenvalue weighted by Gasteiger charge is 2.21. The van der Waals surface area contributed by atoms with Gasteiger partial charge in [0, 0.05) is 49.2 Å². The van der Waals surface area contributed by atoms with Crippen molar-refractivity contribution in [2.75, 3.05) is 0 Å². The Morgan fingerprint density at radius 2 is 0.917 bits per heavy atom. The maximum absolute atomic E-state index is 6.75. The number of furan rings is 2. The minimum Gasteiger partial charge on any atom is -0.455 e. The molecule has 5 heteroatoms. The minimum absolute atomic E-state index is 0.593. The van der Waals surface area contributed by atoms with Crippen molar-refractivity contribution in [3.63, 3.8) is 0 Å². The molecule has 0 bridgehead atoms. The molecule has 0 aliphatic carbocycles. The lowest BCUT2D eigenvalue weighted by Crippen LogP contribution is -2.00. The monoisotopic (exact) mass is 615 g/mol. The zero-order valence-electron chi connectivity index (χ0n) is 25.6. The number of fused-ring (bicyclic) bond motifs is 8. The maximum atomic E-state index is 6.75. The number of hydrogen-bond acceptors (Lipinski definition) is 5. The second kappa shape index (κ2) is 10.5. The fraction of sp³-hybridized carbons (Fsp3) is 0. The molecule has 7 aromatic carbocycles. The maximum Gasteiger partial charge on any atom is 0.164 e. The molecule has 0 fully saturated rings. The van der Waals surface area contributed by atoms with Gasteiger partial charge in [0.2, 0.25) is 0 Å². The van der Waals surface area contributed by atoms with Crippen LogP contribution in [0.2, 0.25) is 0 Å². The van der Waals surface area contributed by atoms with Crippen molar-refractivity contribution < 1.29 is 8.83 Å². The molecule has 0 amide bonds. The number of benzene rings is 7. The van der Waals surface area contributed by atoms with Crippen LogP contribution < -0.4 is 0 Å². The van der Waals surface area contributed by atoms with Crippen molar-refractivity contribution in [3.05, 3.63) is 152 Å². The second-order valence-corrected chi connectivity index (χ2v) is 11.9. The standard InChI is InChI=1S/C43H25N3O2/c1-3-12-27(13-4-1)41-44-42(28-14-5-2-6-15-28)46-43(45-41)34-21-11-23-36-38(34)33-20-10-19-31(39(33)48-36)30-18-9-16-26-24-25-32-29-17-7-8-22-35(29)47-40(32)37(26)30/h1-25H. The predicted octanol–water partition coefficient (Wildman–Crippen LogP) is 11.5. The number of para-hydroxylation sites is 2. The van der Waals surface area contributed by atoms with Crippen LogP contribution in [0.3, 0.4) is 0 Å². The smallest absolute Gasteiger partial charge is 0.164 e. The summed E-state index contributed by atoms with van der Waals surface area (Å²) < 4.78 is 13.3. The van der Waals surface area contributed by atoms with E-state index in [0.717, 1.165) is 82.5 Å². The van der Waals surface area contributed by atoms with Gasteiger partial charge in [-0.3, -0.25) is 0 Å². The first-order valence-corrected chi connectivity index (χ1v) is 15.9. The summed E-state index contributed by atoms with van der Waals surface area (Å²) in [5, 5.41) is 6.35. The fourth-order valence-corrected chi connectivity index (χ4v) is 6.95. The van der Waals surface area contributed by atoms with E-state index in [1.54, 1.807) is 0 Å². The number of nitrogens with zero attached hydrogens (tertiary/aromatic N) is 3. The van der Waals surface area contributed by atoms with Crippen molar-refractivity contribution in [2.24, 2.45) is 0 Å². The van der Waals surface area contributed by atoms with E-state index in [9.17, 15) is 0 Å². The Labute approximate surface area is 274 Å². The van der Waals surface area contributed by atoms with Crippen LogP contribution in [-0.2, 0) is 0 Å². The van der Waals surface area contributed by atoms with Crippen molar-refractivity contribution >= 4 is 54.6 Å². The summed E-state index contributed by atoms with van der Waals surface area (Å²) in [6, 6.07) is 51.4. The average molecular weight is 616 g/mol. The minimum atomic E-state index is 0.593. The third-order valence-electron chi connectivity index (χ3n) is 9.14. The van der Waals surface area contributed by atoms with Crippen LogP contribution in [-0.4, -0.2) is 15.0 Å². The summed E-state index contributed by atoms with van der Waals surface area (Å²) in [7, 11) is 0. The molecule has 0 radical (unpaired) electrons. The van der Waals surface area contributed by atoms with Gasteiger partial charge >= 0.3 is 0 Å². The largest absolute Gasteiger partial charge is 0.455 e. The van der Waals surface area contributed by atoms with Crippen molar-refractivity contribution in [1.29, 1.82) is 0 Å². The highest BCUT2D eigenvalue weighted by atomic mass is 16.3. The third-order valence-corrected chi connectivity index (χ3v) is 9.14. The summed E-state index contributed by atoms with van der Waals surface area (Å²) >= 11 is 0. The van der Waals surface area contributed by atoms with Crippen LogP contribution in [0.4, 0.5) is 0 Å². The van der Waals surface area contributed by atoms with Gasteiger partial charge in [-0.1, -0.05) is 133 Å². The van der Waals surface area contributed by atoms with E-state index in [2.05, 4.69) is 66.7 Å². The van der Waals surface area contributed by atoms with Crippen LogP contribution in [0.1, 0.15) is 0 Å². The lowest BCUT2D eigenvalue weighted by molar-refractivity contribution is 0.670. The summed E-state index contributed by atoms with van der Waals surface area (Å²) in [6.45, 7) is 0. The van der Waals surface area contributed by atoms with Gasteiger partial charge in [0.1, 0.15) is 22.3 Å². The average Bonchev–Trinajstić information content (AvgIpc) is 3.74. The molecule has 224 valence electrons. The van der Waals surface area contributed by atoms with Crippen molar-refractivity contribution in [2.45, 2.75) is 0 Å². The molecule has 0 unspecified atom stereocenters. The first kappa shape index (κ1) is 26.6. The Morgan fingerprint density at radius 1 is 0.333 bits per heavy atom. The highest BCUT2D eigenvalue weighted by Crippen LogP contribution is 2.44. The molecule has 0 aliphatic rings. The zero-order valence-corrected chi connectivity index (χ0v) is 25.6. The molecule has 3 heterocycles. The molecule has 0 saturated carbocycles. The molecular weight excluding hydrogens is 590 g/mol. The van der Waals surface area contributed by atoms with Crippen LogP contribution in [0.25, 0.3) is 99.9 Å². The topological polar surface area (TPSA) is 65.0 Å². The SMILES string of the molecule is c1ccc(-c2nc(-c3ccccc3)nc(-c3cccc4oc5c(-c6cccc7ccc8c9ccccc9oc8c67)cccc5c34)n2)cc1. The zero-order chi connectivity index (χ0) is 31.6. The van der Waals surface area contributed by atoms with Gasteiger partial charge in [0.25, 0.3) is 0 Å². The molecule has 0 atom stereocenters. The van der Waals surface area contributed by atoms with Crippen LogP contribution in [0.5, 0.6) is 0 Å². The van der Waals surface area contributed by atoms with Gasteiger partial charge in [-0.2, -0.15) is 0 Å². The first-order chi connectivity index (χ1) is 23.8. The number of aromatic nitrogens is 3. The Kier molecular flexibility index (Phi) is 5.81. The molecule has 3 aromatic heterocycles. The molecule has 0 aliphatic heterocycles. The molecule has 0 saturated heterocycles. The predicted molar refractivity (Wildman–Crippen MR) is 194 cm³/mol. The number of hydrogen-bond donors (Lipinski definition) is 0. The van der Waals surface area contributed by atoms with Crippen LogP contribution in [0.15, 0.2) is 160 Å². The van der Waals surface area contributed by atoms with Crippen molar-refractivity contribution in [1.82, 2.24) is 15.0 Å². The molecular formula is C43H25N3O2. The Balaban J connectivity index is 1.23. The highest BCUT2D eigenvalue weighted by molar-refractivity contribution is 6.22. The molecule has 0 N–H and O–H groups in total. The van der Waals surface area contributed by atoms with Gasteiger partial charge in [-0.25, -0.2) is 15.0 Å². The summed E-state index contributed by atoms with van der Waals surface area (Å²) in [5.41, 5.74) is 8.13. The van der Waals surface area contributed by atoms with Gasteiger partial charge in [0.05, 0.1) is 0 Å². The van der Waals surface area contributed by atoms with E-state index in [1.807, 2.05) is 84.9 Å². The second-order valence-electron chi connectivity index (χ2n) is 11.9. The quantitative estimate of drug-likeness (QED) is 0.197. The molecule has 10 rings (SSSR count). The summed E-state index contributed by atoms with van der Waals surface area (Å²) in [6.07, 6.45) is 0. The first-order valence-electron chi connectivity index (χ1n) is 15.9. The van der Waals surface area contributed by atoms with E-state index in [1.165, 1.54) is 0 Å². The van der Waals surface area contributed by atoms with E-state index in [4.69, 9.17) is 23.8 Å². The van der Waals surface area contributed by atoms with E-state index >= 15 is 0 Å². The fourth-order valence-electron chi connectivity index (χ4n) is 6.95. The molecule has 10 aromatic rings. The molecule has 48 heavy (non-hydrogen) atoms. The van der Waals surface area contributed by atoms with Crippen LogP contribution in [0, 0.1) is 0 Å². The lowest BCUT2D eigenvalue weighted by Gasteiger charge is -2.09. The van der Waals surface area contributed by atoms with E-state index in [-0.39, 0.29) is 0 Å². The lowest BCUT2D eigenvalue weighted by atomic mass is 9.94. The Bertz CT molecular complexity index is 2780. The normalized spacial score (nSPS) is 11.8. The summed E-state index contributed by atoms with van der Waals surface area (Å²) in [4.78, 5) is 15.0. The summed E-state index contributed by atoms with van der Waals surface area (Å²) in [5.74, 6) is 1.83. The van der Waals surface area contributed by atoms with E-state index < -0.39 is 0 Å². The molecule has 5 nitrogen and oxygen atoms in total. The number of rotatable bonds is 4. The van der Waals surface area contributed by atoms with Gasteiger partial charge in [0.15, 0.2) is 17.5 Å². The molecule has 0 spiro atoms. The van der Waals surface area contributed by atoms with Gasteiger partial charge < -0.3 is 8.83 Å². The van der Waals surface area contributed by atoms with Crippen LogP contribution >= 0.6 is 0 Å². The van der Waals surface area contributed by atoms with E-state index in [0.29, 0.717) is 17.5 Å². The van der Waals surface area contributed by atoms with Gasteiger partial charge in [-0.05, 0) is 29.1 Å².